The van der Waals surface area contributed by atoms with Crippen LogP contribution in [0.1, 0.15) is 18.4 Å². The molecule has 16 heavy (non-hydrogen) atoms. The van der Waals surface area contributed by atoms with Gasteiger partial charge in [-0.15, -0.1) is 0 Å². The number of ether oxygens (including phenoxy) is 1. The third kappa shape index (κ3) is 3.32. The Morgan fingerprint density at radius 3 is 3.06 bits per heavy atom. The largest absolute Gasteiger partial charge is 0.399 e. The van der Waals surface area contributed by atoms with Gasteiger partial charge in [-0.3, -0.25) is 4.21 Å². The van der Waals surface area contributed by atoms with E-state index >= 15 is 0 Å². The molecule has 2 atom stereocenters. The second-order valence-electron chi connectivity index (χ2n) is 4.13. The molecule has 0 aromatic heterocycles. The standard InChI is InChI=1S/C12H17NO2S/c13-11-4-1-3-10(7-11)8-16(14)9-12-5-2-6-15-12/h1,3-4,7,12H,2,5-6,8-9,13H2. The molecule has 1 aromatic carbocycles. The third-order valence-corrected chi connectivity index (χ3v) is 4.07. The van der Waals surface area contributed by atoms with Crippen molar-refractivity contribution in [2.75, 3.05) is 18.1 Å². The molecule has 1 heterocycles. The van der Waals surface area contributed by atoms with Crippen molar-refractivity contribution in [2.24, 2.45) is 0 Å². The highest BCUT2D eigenvalue weighted by molar-refractivity contribution is 7.84. The van der Waals surface area contributed by atoms with Crippen molar-refractivity contribution in [3.05, 3.63) is 29.8 Å². The first-order valence-corrected chi connectivity index (χ1v) is 7.04. The third-order valence-electron chi connectivity index (χ3n) is 2.67. The number of rotatable bonds is 4. The maximum absolute atomic E-state index is 11.9. The molecule has 1 saturated heterocycles. The second kappa shape index (κ2) is 5.46. The molecular weight excluding hydrogens is 222 g/mol. The average molecular weight is 239 g/mol. The van der Waals surface area contributed by atoms with Crippen molar-refractivity contribution in [1.82, 2.24) is 0 Å². The normalized spacial score (nSPS) is 22.1. The molecule has 2 rings (SSSR count). The van der Waals surface area contributed by atoms with E-state index in [4.69, 9.17) is 10.5 Å². The van der Waals surface area contributed by atoms with Crippen LogP contribution < -0.4 is 5.73 Å². The lowest BCUT2D eigenvalue weighted by atomic mass is 10.2. The van der Waals surface area contributed by atoms with Gasteiger partial charge in [0, 0.05) is 28.8 Å². The Hall–Kier alpha value is -0.870. The minimum absolute atomic E-state index is 0.196. The molecule has 1 aromatic rings. The van der Waals surface area contributed by atoms with E-state index < -0.39 is 10.8 Å². The maximum atomic E-state index is 11.9. The first-order valence-electron chi connectivity index (χ1n) is 5.55. The van der Waals surface area contributed by atoms with Gasteiger partial charge in [0.15, 0.2) is 0 Å². The Morgan fingerprint density at radius 2 is 2.38 bits per heavy atom. The number of nitrogens with two attached hydrogens (primary N) is 1. The smallest absolute Gasteiger partial charge is 0.0691 e. The first kappa shape index (κ1) is 11.6. The highest BCUT2D eigenvalue weighted by atomic mass is 32.2. The monoisotopic (exact) mass is 239 g/mol. The number of anilines is 1. The molecule has 0 aliphatic carbocycles. The van der Waals surface area contributed by atoms with E-state index in [-0.39, 0.29) is 6.10 Å². The Morgan fingerprint density at radius 1 is 1.50 bits per heavy atom. The van der Waals surface area contributed by atoms with Gasteiger partial charge in [-0.1, -0.05) is 12.1 Å². The molecule has 0 bridgehead atoms. The zero-order valence-corrected chi connectivity index (χ0v) is 10.0. The lowest BCUT2D eigenvalue weighted by molar-refractivity contribution is 0.128. The summed E-state index contributed by atoms with van der Waals surface area (Å²) in [7, 11) is -0.850. The van der Waals surface area contributed by atoms with Gasteiger partial charge in [-0.2, -0.15) is 0 Å². The van der Waals surface area contributed by atoms with Crippen LogP contribution in [0.25, 0.3) is 0 Å². The molecule has 1 aliphatic rings. The fourth-order valence-electron chi connectivity index (χ4n) is 1.91. The predicted molar refractivity (Wildman–Crippen MR) is 66.5 cm³/mol. The Labute approximate surface area is 98.4 Å². The molecule has 0 saturated carbocycles. The van der Waals surface area contributed by atoms with Gasteiger partial charge in [0.2, 0.25) is 0 Å². The molecule has 0 amide bonds. The average Bonchev–Trinajstić information content (AvgIpc) is 2.70. The van der Waals surface area contributed by atoms with Gasteiger partial charge in [-0.25, -0.2) is 0 Å². The van der Waals surface area contributed by atoms with Crippen LogP contribution >= 0.6 is 0 Å². The van der Waals surface area contributed by atoms with Crippen LogP contribution in [0, 0.1) is 0 Å². The van der Waals surface area contributed by atoms with E-state index in [0.717, 1.165) is 30.7 Å². The van der Waals surface area contributed by atoms with Gasteiger partial charge in [0.05, 0.1) is 11.9 Å². The molecule has 2 unspecified atom stereocenters. The number of benzene rings is 1. The fourth-order valence-corrected chi connectivity index (χ4v) is 3.26. The molecule has 3 nitrogen and oxygen atoms in total. The molecule has 0 spiro atoms. The fraction of sp³-hybridized carbons (Fsp3) is 0.500. The molecule has 1 fully saturated rings. The molecule has 0 radical (unpaired) electrons. The van der Waals surface area contributed by atoms with Crippen molar-refractivity contribution in [1.29, 1.82) is 0 Å². The van der Waals surface area contributed by atoms with Crippen molar-refractivity contribution in [2.45, 2.75) is 24.7 Å². The van der Waals surface area contributed by atoms with Crippen molar-refractivity contribution in [3.63, 3.8) is 0 Å². The van der Waals surface area contributed by atoms with E-state index in [2.05, 4.69) is 0 Å². The van der Waals surface area contributed by atoms with E-state index in [0.29, 0.717) is 11.5 Å². The van der Waals surface area contributed by atoms with E-state index in [1.54, 1.807) is 0 Å². The highest BCUT2D eigenvalue weighted by Crippen LogP contribution is 2.15. The van der Waals surface area contributed by atoms with E-state index in [1.165, 1.54) is 0 Å². The van der Waals surface area contributed by atoms with E-state index in [9.17, 15) is 4.21 Å². The van der Waals surface area contributed by atoms with Crippen LogP contribution in [0.2, 0.25) is 0 Å². The molecule has 1 aliphatic heterocycles. The zero-order chi connectivity index (χ0) is 11.4. The summed E-state index contributed by atoms with van der Waals surface area (Å²) in [5, 5.41) is 0. The van der Waals surface area contributed by atoms with Gasteiger partial charge in [-0.05, 0) is 30.5 Å². The second-order valence-corrected chi connectivity index (χ2v) is 5.63. The Kier molecular flexibility index (Phi) is 3.96. The summed E-state index contributed by atoms with van der Waals surface area (Å²) in [6.07, 6.45) is 2.34. The van der Waals surface area contributed by atoms with Crippen LogP contribution in [-0.4, -0.2) is 22.7 Å². The SMILES string of the molecule is Nc1cccc(CS(=O)CC2CCCO2)c1. The summed E-state index contributed by atoms with van der Waals surface area (Å²) in [6.45, 7) is 0.820. The minimum atomic E-state index is -0.850. The molecule has 4 heteroatoms. The van der Waals surface area contributed by atoms with Crippen molar-refractivity contribution < 1.29 is 8.95 Å². The van der Waals surface area contributed by atoms with Gasteiger partial charge < -0.3 is 10.5 Å². The Bertz CT molecular complexity index is 375. The van der Waals surface area contributed by atoms with Gasteiger partial charge >= 0.3 is 0 Å². The lowest BCUT2D eigenvalue weighted by Crippen LogP contribution is -2.16. The summed E-state index contributed by atoms with van der Waals surface area (Å²) < 4.78 is 17.3. The van der Waals surface area contributed by atoms with Crippen LogP contribution in [0.4, 0.5) is 5.69 Å². The van der Waals surface area contributed by atoms with E-state index in [1.807, 2.05) is 24.3 Å². The summed E-state index contributed by atoms with van der Waals surface area (Å²) >= 11 is 0. The quantitative estimate of drug-likeness (QED) is 0.814. The Balaban J connectivity index is 1.86. The van der Waals surface area contributed by atoms with Crippen molar-refractivity contribution >= 4 is 16.5 Å². The summed E-state index contributed by atoms with van der Waals surface area (Å²) in [5.74, 6) is 1.22. The molecular formula is C12H17NO2S. The van der Waals surface area contributed by atoms with Crippen LogP contribution in [0.15, 0.2) is 24.3 Å². The number of nitrogen functional groups attached to an aromatic ring is 1. The van der Waals surface area contributed by atoms with Crippen molar-refractivity contribution in [3.8, 4) is 0 Å². The predicted octanol–water partition coefficient (Wildman–Crippen LogP) is 1.70. The summed E-state index contributed by atoms with van der Waals surface area (Å²) in [5.41, 5.74) is 7.44. The van der Waals surface area contributed by atoms with Crippen LogP contribution in [0.3, 0.4) is 0 Å². The molecule has 2 N–H and O–H groups in total. The number of hydrogen-bond donors (Lipinski definition) is 1. The summed E-state index contributed by atoms with van der Waals surface area (Å²) in [4.78, 5) is 0. The summed E-state index contributed by atoms with van der Waals surface area (Å²) in [6, 6.07) is 7.58. The maximum Gasteiger partial charge on any atom is 0.0691 e. The van der Waals surface area contributed by atoms with Crippen LogP contribution in [0.5, 0.6) is 0 Å². The number of hydrogen-bond acceptors (Lipinski definition) is 3. The van der Waals surface area contributed by atoms with Gasteiger partial charge in [0.25, 0.3) is 0 Å². The lowest BCUT2D eigenvalue weighted by Gasteiger charge is -2.09. The zero-order valence-electron chi connectivity index (χ0n) is 9.22. The minimum Gasteiger partial charge on any atom is -0.399 e. The highest BCUT2D eigenvalue weighted by Gasteiger charge is 2.18. The first-order chi connectivity index (χ1) is 7.74. The van der Waals surface area contributed by atoms with Gasteiger partial charge in [0.1, 0.15) is 0 Å². The topological polar surface area (TPSA) is 52.3 Å². The molecule has 88 valence electrons. The van der Waals surface area contributed by atoms with Crippen LogP contribution in [-0.2, 0) is 21.3 Å².